The summed E-state index contributed by atoms with van der Waals surface area (Å²) in [5.74, 6) is -1.68. The van der Waals surface area contributed by atoms with Gasteiger partial charge < -0.3 is 10.0 Å². The summed E-state index contributed by atoms with van der Waals surface area (Å²) in [5.41, 5.74) is 3.38. The number of amides is 1. The van der Waals surface area contributed by atoms with Gasteiger partial charge in [0.1, 0.15) is 0 Å². The highest BCUT2D eigenvalue weighted by Crippen LogP contribution is 2.33. The van der Waals surface area contributed by atoms with Crippen molar-refractivity contribution in [2.24, 2.45) is 5.92 Å². The van der Waals surface area contributed by atoms with E-state index >= 15 is 0 Å². The van der Waals surface area contributed by atoms with Crippen LogP contribution in [0.2, 0.25) is 0 Å². The standard InChI is InChI=1S/C16H15BrN2O3S/c17-11-3-1-10(2-4-11)13-6-19(7-14(13)16(21)22)15(20)5-12-8-23-9-18-12/h1-4,8-9,13-14H,5-7H2,(H,21,22)/t13-,14+/m0/s1. The lowest BCUT2D eigenvalue weighted by Crippen LogP contribution is -2.31. The molecule has 0 spiro atoms. The number of nitrogens with zero attached hydrogens (tertiary/aromatic N) is 2. The summed E-state index contributed by atoms with van der Waals surface area (Å²) >= 11 is 4.83. The van der Waals surface area contributed by atoms with Crippen LogP contribution in [0.25, 0.3) is 0 Å². The molecule has 2 heterocycles. The van der Waals surface area contributed by atoms with Crippen LogP contribution in [0.4, 0.5) is 0 Å². The van der Waals surface area contributed by atoms with Gasteiger partial charge in [-0.2, -0.15) is 0 Å². The summed E-state index contributed by atoms with van der Waals surface area (Å²) in [5, 5.41) is 11.3. The van der Waals surface area contributed by atoms with E-state index in [4.69, 9.17) is 0 Å². The molecule has 1 aliphatic rings. The third-order valence-electron chi connectivity index (χ3n) is 4.10. The lowest BCUT2D eigenvalue weighted by atomic mass is 9.89. The van der Waals surface area contributed by atoms with Crippen molar-refractivity contribution < 1.29 is 14.7 Å². The van der Waals surface area contributed by atoms with Gasteiger partial charge >= 0.3 is 5.97 Å². The molecule has 7 heteroatoms. The van der Waals surface area contributed by atoms with Crippen LogP contribution in [0, 0.1) is 5.92 Å². The molecule has 0 bridgehead atoms. The Morgan fingerprint density at radius 3 is 2.65 bits per heavy atom. The van der Waals surface area contributed by atoms with Crippen molar-refractivity contribution >= 4 is 39.1 Å². The molecular formula is C16H15BrN2O3S. The zero-order chi connectivity index (χ0) is 16.4. The molecule has 23 heavy (non-hydrogen) atoms. The quantitative estimate of drug-likeness (QED) is 0.865. The Morgan fingerprint density at radius 2 is 2.04 bits per heavy atom. The Morgan fingerprint density at radius 1 is 1.30 bits per heavy atom. The maximum atomic E-state index is 12.4. The molecule has 5 nitrogen and oxygen atoms in total. The fraction of sp³-hybridized carbons (Fsp3) is 0.312. The molecule has 2 atom stereocenters. The van der Waals surface area contributed by atoms with Crippen molar-refractivity contribution in [2.45, 2.75) is 12.3 Å². The number of hydrogen-bond donors (Lipinski definition) is 1. The fourth-order valence-electron chi connectivity index (χ4n) is 2.90. The summed E-state index contributed by atoms with van der Waals surface area (Å²) in [7, 11) is 0. The Balaban J connectivity index is 1.76. The van der Waals surface area contributed by atoms with Crippen molar-refractivity contribution in [3.8, 4) is 0 Å². The largest absolute Gasteiger partial charge is 0.481 e. The normalized spacial score (nSPS) is 20.7. The average Bonchev–Trinajstić information content (AvgIpc) is 3.17. The zero-order valence-corrected chi connectivity index (χ0v) is 14.6. The lowest BCUT2D eigenvalue weighted by molar-refractivity contribution is -0.141. The van der Waals surface area contributed by atoms with Crippen LogP contribution in [0.1, 0.15) is 17.2 Å². The Kier molecular flexibility index (Phi) is 4.77. The van der Waals surface area contributed by atoms with E-state index in [2.05, 4.69) is 20.9 Å². The van der Waals surface area contributed by atoms with Gasteiger partial charge in [0, 0.05) is 28.9 Å². The summed E-state index contributed by atoms with van der Waals surface area (Å²) in [6.45, 7) is 0.681. The minimum absolute atomic E-state index is 0.0678. The SMILES string of the molecule is O=C(O)[C@@H]1CN(C(=O)Cc2cscn2)C[C@H]1c1ccc(Br)cc1. The maximum Gasteiger partial charge on any atom is 0.308 e. The summed E-state index contributed by atoms with van der Waals surface area (Å²) < 4.78 is 0.947. The van der Waals surface area contributed by atoms with Crippen LogP contribution in [-0.2, 0) is 16.0 Å². The van der Waals surface area contributed by atoms with Crippen molar-refractivity contribution in [3.63, 3.8) is 0 Å². The molecule has 3 rings (SSSR count). The molecule has 1 fully saturated rings. The van der Waals surface area contributed by atoms with Crippen LogP contribution in [0.5, 0.6) is 0 Å². The molecular weight excluding hydrogens is 380 g/mol. The molecule has 1 aromatic heterocycles. The minimum Gasteiger partial charge on any atom is -0.481 e. The summed E-state index contributed by atoms with van der Waals surface area (Å²) in [4.78, 5) is 29.7. The number of carboxylic acids is 1. The molecule has 1 aromatic carbocycles. The molecule has 0 radical (unpaired) electrons. The van der Waals surface area contributed by atoms with E-state index < -0.39 is 11.9 Å². The number of likely N-dealkylation sites (tertiary alicyclic amines) is 1. The number of carboxylic acid groups (broad SMARTS) is 1. The van der Waals surface area contributed by atoms with Crippen LogP contribution < -0.4 is 0 Å². The van der Waals surface area contributed by atoms with Gasteiger partial charge in [-0.15, -0.1) is 11.3 Å². The molecule has 120 valence electrons. The van der Waals surface area contributed by atoms with Gasteiger partial charge in [0.2, 0.25) is 5.91 Å². The fourth-order valence-corrected chi connectivity index (χ4v) is 3.72. The summed E-state index contributed by atoms with van der Waals surface area (Å²) in [6.07, 6.45) is 0.225. The van der Waals surface area contributed by atoms with Gasteiger partial charge in [-0.05, 0) is 17.7 Å². The Bertz CT molecular complexity index is 703. The van der Waals surface area contributed by atoms with E-state index in [1.54, 1.807) is 10.4 Å². The van der Waals surface area contributed by atoms with Crippen molar-refractivity contribution in [2.75, 3.05) is 13.1 Å². The average molecular weight is 395 g/mol. The third-order valence-corrected chi connectivity index (χ3v) is 5.27. The highest BCUT2D eigenvalue weighted by molar-refractivity contribution is 9.10. The molecule has 1 N–H and O–H groups in total. The van der Waals surface area contributed by atoms with E-state index in [0.29, 0.717) is 6.54 Å². The first-order valence-corrected chi connectivity index (χ1v) is 8.91. The highest BCUT2D eigenvalue weighted by atomic mass is 79.9. The second-order valence-corrected chi connectivity index (χ2v) is 7.19. The van der Waals surface area contributed by atoms with E-state index in [1.165, 1.54) is 11.3 Å². The second kappa shape index (κ2) is 6.80. The minimum atomic E-state index is -0.859. The first kappa shape index (κ1) is 16.1. The van der Waals surface area contributed by atoms with E-state index in [-0.39, 0.29) is 24.8 Å². The Hall–Kier alpha value is -1.73. The monoisotopic (exact) mass is 394 g/mol. The van der Waals surface area contributed by atoms with Gasteiger partial charge in [0.25, 0.3) is 0 Å². The molecule has 0 unspecified atom stereocenters. The number of benzene rings is 1. The zero-order valence-electron chi connectivity index (χ0n) is 12.2. The van der Waals surface area contributed by atoms with Crippen molar-refractivity contribution in [1.29, 1.82) is 0 Å². The molecule has 0 saturated carbocycles. The first-order valence-electron chi connectivity index (χ1n) is 7.17. The van der Waals surface area contributed by atoms with Gasteiger partial charge in [-0.25, -0.2) is 4.98 Å². The van der Waals surface area contributed by atoms with Crippen molar-refractivity contribution in [1.82, 2.24) is 9.88 Å². The molecule has 1 amide bonds. The number of aliphatic carboxylic acids is 1. The predicted molar refractivity (Wildman–Crippen MR) is 90.4 cm³/mol. The maximum absolute atomic E-state index is 12.4. The predicted octanol–water partition coefficient (Wildman–Crippen LogP) is 2.77. The molecule has 2 aromatic rings. The number of carbonyl (C=O) groups excluding carboxylic acids is 1. The lowest BCUT2D eigenvalue weighted by Gasteiger charge is -2.16. The summed E-state index contributed by atoms with van der Waals surface area (Å²) in [6, 6.07) is 7.63. The van der Waals surface area contributed by atoms with Gasteiger partial charge in [0.15, 0.2) is 0 Å². The van der Waals surface area contributed by atoms with Gasteiger partial charge in [-0.1, -0.05) is 28.1 Å². The smallest absolute Gasteiger partial charge is 0.308 e. The molecule has 0 aliphatic carbocycles. The topological polar surface area (TPSA) is 70.5 Å². The van der Waals surface area contributed by atoms with Crippen molar-refractivity contribution in [3.05, 3.63) is 50.9 Å². The number of thiazole rings is 1. The van der Waals surface area contributed by atoms with E-state index in [0.717, 1.165) is 15.7 Å². The van der Waals surface area contributed by atoms with Crippen LogP contribution >= 0.6 is 27.3 Å². The number of rotatable bonds is 4. The number of aromatic nitrogens is 1. The van der Waals surface area contributed by atoms with Crippen LogP contribution in [0.15, 0.2) is 39.6 Å². The Labute approximate surface area is 146 Å². The van der Waals surface area contributed by atoms with E-state index in [1.807, 2.05) is 29.6 Å². The first-order chi connectivity index (χ1) is 11.0. The number of hydrogen-bond acceptors (Lipinski definition) is 4. The van der Waals surface area contributed by atoms with Gasteiger partial charge in [-0.3, -0.25) is 9.59 Å². The van der Waals surface area contributed by atoms with E-state index in [9.17, 15) is 14.7 Å². The highest BCUT2D eigenvalue weighted by Gasteiger charge is 2.40. The third kappa shape index (κ3) is 3.61. The number of halogens is 1. The molecule has 1 saturated heterocycles. The molecule has 1 aliphatic heterocycles. The number of carbonyl (C=O) groups is 2. The van der Waals surface area contributed by atoms with Crippen LogP contribution in [0.3, 0.4) is 0 Å². The van der Waals surface area contributed by atoms with Crippen LogP contribution in [-0.4, -0.2) is 40.0 Å². The second-order valence-electron chi connectivity index (χ2n) is 5.56. The van der Waals surface area contributed by atoms with Gasteiger partial charge in [0.05, 0.1) is 23.5 Å².